The Morgan fingerprint density at radius 3 is 2.35 bits per heavy atom. The third-order valence-corrected chi connectivity index (χ3v) is 4.42. The number of rotatable bonds is 7. The van der Waals surface area contributed by atoms with Crippen LogP contribution >= 0.6 is 34.8 Å². The number of nitrogens with zero attached hydrogens (tertiary/aromatic N) is 1. The monoisotopic (exact) mass is 414 g/mol. The van der Waals surface area contributed by atoms with Crippen LogP contribution in [0.2, 0.25) is 15.1 Å². The van der Waals surface area contributed by atoms with E-state index in [2.05, 4.69) is 10.5 Å². The second-order valence-corrected chi connectivity index (χ2v) is 6.38. The first-order valence-corrected chi connectivity index (χ1v) is 8.85. The molecule has 0 aliphatic carbocycles. The summed E-state index contributed by atoms with van der Waals surface area (Å²) >= 11 is 17.8. The van der Waals surface area contributed by atoms with Crippen LogP contribution in [0.4, 0.5) is 0 Å². The van der Waals surface area contributed by atoms with E-state index in [1.54, 1.807) is 7.11 Å². The van der Waals surface area contributed by atoms with Crippen LogP contribution in [0.1, 0.15) is 18.9 Å². The van der Waals surface area contributed by atoms with Gasteiger partial charge in [-0.15, -0.1) is 0 Å². The summed E-state index contributed by atoms with van der Waals surface area (Å²) in [6, 6.07) is 10.3. The predicted molar refractivity (Wildman–Crippen MR) is 105 cm³/mol. The maximum atomic E-state index is 12.0. The lowest BCUT2D eigenvalue weighted by Gasteiger charge is -2.09. The van der Waals surface area contributed by atoms with Gasteiger partial charge in [0.1, 0.15) is 11.5 Å². The van der Waals surface area contributed by atoms with Crippen LogP contribution in [0.25, 0.3) is 0 Å². The summed E-state index contributed by atoms with van der Waals surface area (Å²) in [4.78, 5) is 12.0. The molecular formula is C18H17Cl3N2O3. The van der Waals surface area contributed by atoms with E-state index in [1.807, 2.05) is 31.2 Å². The number of hydrazone groups is 1. The summed E-state index contributed by atoms with van der Waals surface area (Å²) in [5.41, 5.74) is 4.09. The van der Waals surface area contributed by atoms with Crippen molar-refractivity contribution in [1.82, 2.24) is 5.43 Å². The van der Waals surface area contributed by atoms with Crippen LogP contribution in [0.5, 0.6) is 11.5 Å². The van der Waals surface area contributed by atoms with Gasteiger partial charge in [0.25, 0.3) is 5.91 Å². The lowest BCUT2D eigenvalue weighted by Crippen LogP contribution is -2.26. The van der Waals surface area contributed by atoms with Gasteiger partial charge < -0.3 is 9.47 Å². The lowest BCUT2D eigenvalue weighted by atomic mass is 10.1. The number of benzene rings is 2. The van der Waals surface area contributed by atoms with Crippen molar-refractivity contribution >= 4 is 46.4 Å². The summed E-state index contributed by atoms with van der Waals surface area (Å²) in [5.74, 6) is 0.595. The fraction of sp³-hybridized carbons (Fsp3) is 0.222. The second-order valence-electron chi connectivity index (χ2n) is 5.16. The molecule has 0 atom stereocenters. The maximum absolute atomic E-state index is 12.0. The number of halogens is 3. The quantitative estimate of drug-likeness (QED) is 0.395. The van der Waals surface area contributed by atoms with Crippen LogP contribution in [0.15, 0.2) is 41.5 Å². The average Bonchev–Trinajstić information content (AvgIpc) is 2.64. The highest BCUT2D eigenvalue weighted by Crippen LogP contribution is 2.33. The van der Waals surface area contributed by atoms with Gasteiger partial charge in [-0.2, -0.15) is 5.10 Å². The number of hydrogen-bond acceptors (Lipinski definition) is 4. The van der Waals surface area contributed by atoms with Crippen molar-refractivity contribution < 1.29 is 14.3 Å². The highest BCUT2D eigenvalue weighted by molar-refractivity contribution is 6.43. The van der Waals surface area contributed by atoms with E-state index in [9.17, 15) is 4.79 Å². The van der Waals surface area contributed by atoms with Crippen LogP contribution in [-0.4, -0.2) is 25.3 Å². The molecule has 0 saturated heterocycles. The van der Waals surface area contributed by atoms with Crippen molar-refractivity contribution in [3.63, 3.8) is 0 Å². The molecule has 0 spiro atoms. The summed E-state index contributed by atoms with van der Waals surface area (Å²) < 4.78 is 10.5. The second kappa shape index (κ2) is 9.67. The van der Waals surface area contributed by atoms with Gasteiger partial charge in [0, 0.05) is 6.07 Å². The zero-order chi connectivity index (χ0) is 19.1. The molecule has 0 aliphatic rings. The molecule has 1 N–H and O–H groups in total. The first kappa shape index (κ1) is 20.4. The van der Waals surface area contributed by atoms with E-state index in [-0.39, 0.29) is 22.4 Å². The molecule has 0 radical (unpaired) electrons. The SMILES string of the molecule is CC/C(=N\NC(=O)COc1cc(Cl)c(Cl)cc1Cl)c1ccc(OC)cc1. The zero-order valence-electron chi connectivity index (χ0n) is 14.2. The lowest BCUT2D eigenvalue weighted by molar-refractivity contribution is -0.123. The normalized spacial score (nSPS) is 11.2. The number of nitrogens with one attached hydrogen (secondary N) is 1. The largest absolute Gasteiger partial charge is 0.497 e. The molecule has 138 valence electrons. The minimum atomic E-state index is -0.424. The molecule has 2 aromatic carbocycles. The molecule has 2 rings (SSSR count). The Labute approximate surface area is 166 Å². The number of amides is 1. The van der Waals surface area contributed by atoms with Gasteiger partial charge in [-0.1, -0.05) is 41.7 Å². The van der Waals surface area contributed by atoms with Crippen LogP contribution in [0.3, 0.4) is 0 Å². The van der Waals surface area contributed by atoms with Crippen molar-refractivity contribution in [2.45, 2.75) is 13.3 Å². The molecule has 1 amide bonds. The standard InChI is InChI=1S/C18H17Cl3N2O3/c1-3-16(11-4-6-12(25-2)7-5-11)22-23-18(24)10-26-17-9-14(20)13(19)8-15(17)21/h4-9H,3,10H2,1-2H3,(H,23,24)/b22-16+. The Hall–Kier alpha value is -1.95. The fourth-order valence-corrected chi connectivity index (χ4v) is 2.64. The highest BCUT2D eigenvalue weighted by atomic mass is 35.5. The molecule has 26 heavy (non-hydrogen) atoms. The van der Waals surface area contributed by atoms with Gasteiger partial charge in [0.15, 0.2) is 6.61 Å². The van der Waals surface area contributed by atoms with Gasteiger partial charge in [-0.3, -0.25) is 4.79 Å². The Bertz CT molecular complexity index is 808. The van der Waals surface area contributed by atoms with Gasteiger partial charge in [-0.25, -0.2) is 5.43 Å². The first-order chi connectivity index (χ1) is 12.4. The average molecular weight is 416 g/mol. The molecule has 0 fully saturated rings. The van der Waals surface area contributed by atoms with Crippen molar-refractivity contribution in [3.05, 3.63) is 57.0 Å². The number of carbonyl (C=O) groups is 1. The number of ether oxygens (including phenoxy) is 2. The Morgan fingerprint density at radius 2 is 1.73 bits per heavy atom. The van der Waals surface area contributed by atoms with E-state index in [4.69, 9.17) is 44.3 Å². The topological polar surface area (TPSA) is 59.9 Å². The molecule has 0 heterocycles. The smallest absolute Gasteiger partial charge is 0.277 e. The molecule has 2 aromatic rings. The van der Waals surface area contributed by atoms with Gasteiger partial charge >= 0.3 is 0 Å². The van der Waals surface area contributed by atoms with E-state index < -0.39 is 5.91 Å². The molecule has 0 aromatic heterocycles. The summed E-state index contributed by atoms with van der Waals surface area (Å²) in [7, 11) is 1.60. The molecule has 0 bridgehead atoms. The van der Waals surface area contributed by atoms with Crippen molar-refractivity contribution in [2.75, 3.05) is 13.7 Å². The van der Waals surface area contributed by atoms with Crippen molar-refractivity contribution in [1.29, 1.82) is 0 Å². The Morgan fingerprint density at radius 1 is 1.08 bits per heavy atom. The Balaban J connectivity index is 1.97. The van der Waals surface area contributed by atoms with E-state index in [1.165, 1.54) is 12.1 Å². The molecule has 5 nitrogen and oxygen atoms in total. The minimum Gasteiger partial charge on any atom is -0.497 e. The fourth-order valence-electron chi connectivity index (χ4n) is 2.05. The van der Waals surface area contributed by atoms with Crippen LogP contribution in [-0.2, 0) is 4.79 Å². The van der Waals surface area contributed by atoms with Crippen molar-refractivity contribution in [3.8, 4) is 11.5 Å². The van der Waals surface area contributed by atoms with Gasteiger partial charge in [-0.05, 0) is 42.3 Å². The van der Waals surface area contributed by atoms with Crippen LogP contribution < -0.4 is 14.9 Å². The summed E-state index contributed by atoms with van der Waals surface area (Å²) in [6.07, 6.45) is 0.645. The molecular weight excluding hydrogens is 399 g/mol. The molecule has 8 heteroatoms. The van der Waals surface area contributed by atoms with Gasteiger partial charge in [0.2, 0.25) is 0 Å². The molecule has 0 unspecified atom stereocenters. The molecule has 0 aliphatic heterocycles. The summed E-state index contributed by atoms with van der Waals surface area (Å²) in [5, 5.41) is 5.02. The van der Waals surface area contributed by atoms with Gasteiger partial charge in [0.05, 0.1) is 27.9 Å². The predicted octanol–water partition coefficient (Wildman–Crippen LogP) is 4.96. The van der Waals surface area contributed by atoms with Crippen molar-refractivity contribution in [2.24, 2.45) is 5.10 Å². The van der Waals surface area contributed by atoms with E-state index in [0.29, 0.717) is 11.4 Å². The maximum Gasteiger partial charge on any atom is 0.277 e. The first-order valence-electron chi connectivity index (χ1n) is 7.71. The minimum absolute atomic E-state index is 0.263. The zero-order valence-corrected chi connectivity index (χ0v) is 16.5. The molecule has 0 saturated carbocycles. The number of carbonyl (C=O) groups excluding carboxylic acids is 1. The van der Waals surface area contributed by atoms with E-state index in [0.717, 1.165) is 17.0 Å². The third kappa shape index (κ3) is 5.53. The van der Waals surface area contributed by atoms with Crippen LogP contribution in [0, 0.1) is 0 Å². The highest BCUT2D eigenvalue weighted by Gasteiger charge is 2.10. The summed E-state index contributed by atoms with van der Waals surface area (Å²) in [6.45, 7) is 1.68. The number of hydrogen-bond donors (Lipinski definition) is 1. The third-order valence-electron chi connectivity index (χ3n) is 3.41. The van der Waals surface area contributed by atoms with E-state index >= 15 is 0 Å². The number of methoxy groups -OCH3 is 1. The Kier molecular flexibility index (Phi) is 7.57.